The third kappa shape index (κ3) is 11.8. The fraction of sp³-hybridized carbons (Fsp3) is 0.833. The van der Waals surface area contributed by atoms with E-state index in [4.69, 9.17) is 5.11 Å². The number of carbonyl (C=O) groups is 1. The smallest absolute Gasteiger partial charge is 0.303 e. The van der Waals surface area contributed by atoms with Crippen LogP contribution in [0.5, 0.6) is 0 Å². The molecule has 0 bridgehead atoms. The van der Waals surface area contributed by atoms with E-state index < -0.39 is 5.97 Å². The van der Waals surface area contributed by atoms with Crippen molar-refractivity contribution in [3.63, 3.8) is 0 Å². The molecule has 1 aromatic heterocycles. The summed E-state index contributed by atoms with van der Waals surface area (Å²) >= 11 is 0. The van der Waals surface area contributed by atoms with Crippen molar-refractivity contribution in [3.05, 3.63) is 11.9 Å². The molecular weight excluding hydrogens is 290 g/mol. The van der Waals surface area contributed by atoms with E-state index >= 15 is 0 Å². The standard InChI is InChI=1S/C18H33N3O2/c1-21-16-17(19-20-21)14-12-10-8-6-4-2-3-5-7-9-11-13-15-18(22)23/h16H,2-15H2,1H3,(H,22,23). The van der Waals surface area contributed by atoms with Crippen molar-refractivity contribution in [3.8, 4) is 0 Å². The molecule has 0 aliphatic heterocycles. The molecule has 23 heavy (non-hydrogen) atoms. The maximum absolute atomic E-state index is 10.4. The van der Waals surface area contributed by atoms with Gasteiger partial charge in [0.05, 0.1) is 5.69 Å². The quantitative estimate of drug-likeness (QED) is 0.482. The summed E-state index contributed by atoms with van der Waals surface area (Å²) in [5, 5.41) is 16.6. The first-order chi connectivity index (χ1) is 11.2. The molecular formula is C18H33N3O2. The number of nitrogens with zero attached hydrogens (tertiary/aromatic N) is 3. The average Bonchev–Trinajstić information content (AvgIpc) is 2.93. The molecule has 0 unspecified atom stereocenters. The van der Waals surface area contributed by atoms with Crippen LogP contribution in [-0.2, 0) is 18.3 Å². The minimum atomic E-state index is -0.665. The lowest BCUT2D eigenvalue weighted by Gasteiger charge is -2.02. The fourth-order valence-electron chi connectivity index (χ4n) is 2.86. The molecule has 0 fully saturated rings. The predicted molar refractivity (Wildman–Crippen MR) is 92.4 cm³/mol. The maximum Gasteiger partial charge on any atom is 0.303 e. The van der Waals surface area contributed by atoms with Crippen LogP contribution in [0.25, 0.3) is 0 Å². The van der Waals surface area contributed by atoms with Gasteiger partial charge in [0.2, 0.25) is 0 Å². The second-order valence-corrected chi connectivity index (χ2v) is 6.52. The number of rotatable bonds is 15. The first kappa shape index (κ1) is 19.7. The van der Waals surface area contributed by atoms with Crippen molar-refractivity contribution in [2.24, 2.45) is 7.05 Å². The maximum atomic E-state index is 10.4. The highest BCUT2D eigenvalue weighted by Gasteiger charge is 1.99. The van der Waals surface area contributed by atoms with E-state index in [1.54, 1.807) is 4.68 Å². The molecule has 0 aliphatic rings. The Morgan fingerprint density at radius 2 is 1.39 bits per heavy atom. The third-order valence-corrected chi connectivity index (χ3v) is 4.22. The van der Waals surface area contributed by atoms with Gasteiger partial charge in [0, 0.05) is 19.7 Å². The number of aromatic nitrogens is 3. The van der Waals surface area contributed by atoms with Crippen LogP contribution >= 0.6 is 0 Å². The first-order valence-corrected chi connectivity index (χ1v) is 9.25. The predicted octanol–water partition coefficient (Wildman–Crippen LogP) is 4.51. The summed E-state index contributed by atoms with van der Waals surface area (Å²) in [6.07, 6.45) is 18.3. The molecule has 0 saturated carbocycles. The number of carboxylic acid groups (broad SMARTS) is 1. The molecule has 5 heteroatoms. The molecule has 0 aliphatic carbocycles. The Morgan fingerprint density at radius 3 is 1.83 bits per heavy atom. The lowest BCUT2D eigenvalue weighted by Crippen LogP contribution is -1.93. The second-order valence-electron chi connectivity index (χ2n) is 6.52. The van der Waals surface area contributed by atoms with E-state index in [-0.39, 0.29) is 0 Å². The SMILES string of the molecule is Cn1cc(CCCCCCCCCCCCCCC(=O)O)nn1. The summed E-state index contributed by atoms with van der Waals surface area (Å²) < 4.78 is 1.77. The average molecular weight is 323 g/mol. The Labute approximate surface area is 140 Å². The highest BCUT2D eigenvalue weighted by Crippen LogP contribution is 2.13. The van der Waals surface area contributed by atoms with Gasteiger partial charge in [-0.25, -0.2) is 0 Å². The van der Waals surface area contributed by atoms with Gasteiger partial charge in [0.25, 0.3) is 0 Å². The number of aliphatic carboxylic acids is 1. The van der Waals surface area contributed by atoms with E-state index in [1.807, 2.05) is 13.2 Å². The van der Waals surface area contributed by atoms with Gasteiger partial charge >= 0.3 is 5.97 Å². The van der Waals surface area contributed by atoms with E-state index in [0.29, 0.717) is 6.42 Å². The molecule has 1 heterocycles. The molecule has 132 valence electrons. The Balaban J connectivity index is 1.74. The van der Waals surface area contributed by atoms with E-state index in [1.165, 1.54) is 64.2 Å². The topological polar surface area (TPSA) is 68.0 Å². The fourth-order valence-corrected chi connectivity index (χ4v) is 2.86. The summed E-state index contributed by atoms with van der Waals surface area (Å²) in [5.74, 6) is -0.665. The molecule has 0 amide bonds. The zero-order valence-corrected chi connectivity index (χ0v) is 14.7. The van der Waals surface area contributed by atoms with Crippen molar-refractivity contribution in [1.29, 1.82) is 0 Å². The Bertz CT molecular complexity index is 418. The monoisotopic (exact) mass is 323 g/mol. The first-order valence-electron chi connectivity index (χ1n) is 9.25. The van der Waals surface area contributed by atoms with Crippen molar-refractivity contribution < 1.29 is 9.90 Å². The number of hydrogen-bond donors (Lipinski definition) is 1. The molecule has 0 spiro atoms. The lowest BCUT2D eigenvalue weighted by atomic mass is 10.0. The number of aryl methyl sites for hydroxylation is 2. The summed E-state index contributed by atoms with van der Waals surface area (Å²) in [7, 11) is 1.91. The zero-order valence-electron chi connectivity index (χ0n) is 14.7. The van der Waals surface area contributed by atoms with Crippen LogP contribution in [0.4, 0.5) is 0 Å². The van der Waals surface area contributed by atoms with Crippen molar-refractivity contribution in [2.75, 3.05) is 0 Å². The Hall–Kier alpha value is -1.39. The molecule has 1 aromatic rings. The van der Waals surface area contributed by atoms with Crippen LogP contribution in [-0.4, -0.2) is 26.1 Å². The van der Waals surface area contributed by atoms with E-state index in [0.717, 1.165) is 25.0 Å². The van der Waals surface area contributed by atoms with Crippen molar-refractivity contribution in [2.45, 2.75) is 89.9 Å². The molecule has 0 aromatic carbocycles. The highest BCUT2D eigenvalue weighted by molar-refractivity contribution is 5.66. The van der Waals surface area contributed by atoms with Crippen LogP contribution in [0.3, 0.4) is 0 Å². The summed E-state index contributed by atoms with van der Waals surface area (Å²) in [6.45, 7) is 0. The minimum Gasteiger partial charge on any atom is -0.481 e. The van der Waals surface area contributed by atoms with Crippen molar-refractivity contribution in [1.82, 2.24) is 15.0 Å². The van der Waals surface area contributed by atoms with Crippen molar-refractivity contribution >= 4 is 5.97 Å². The van der Waals surface area contributed by atoms with Crippen LogP contribution in [0.2, 0.25) is 0 Å². The summed E-state index contributed by atoms with van der Waals surface area (Å²) in [4.78, 5) is 10.4. The van der Waals surface area contributed by atoms with Gasteiger partial charge in [-0.15, -0.1) is 5.10 Å². The highest BCUT2D eigenvalue weighted by atomic mass is 16.4. The van der Waals surface area contributed by atoms with E-state index in [9.17, 15) is 4.79 Å². The van der Waals surface area contributed by atoms with Gasteiger partial charge in [-0.3, -0.25) is 9.48 Å². The molecule has 0 atom stereocenters. The number of hydrogen-bond acceptors (Lipinski definition) is 3. The van der Waals surface area contributed by atoms with Gasteiger partial charge in [-0.2, -0.15) is 0 Å². The second kappa shape index (κ2) is 13.1. The van der Waals surface area contributed by atoms with Gasteiger partial charge in [-0.05, 0) is 19.3 Å². The zero-order chi connectivity index (χ0) is 16.8. The molecule has 0 radical (unpaired) electrons. The number of carboxylic acids is 1. The summed E-state index contributed by atoms with van der Waals surface area (Å²) in [5.41, 5.74) is 1.11. The third-order valence-electron chi connectivity index (χ3n) is 4.22. The summed E-state index contributed by atoms with van der Waals surface area (Å²) in [6, 6.07) is 0. The minimum absolute atomic E-state index is 0.330. The van der Waals surface area contributed by atoms with Crippen LogP contribution in [0, 0.1) is 0 Å². The van der Waals surface area contributed by atoms with Crippen LogP contribution in [0.1, 0.15) is 89.2 Å². The van der Waals surface area contributed by atoms with Crippen LogP contribution < -0.4 is 0 Å². The van der Waals surface area contributed by atoms with Gasteiger partial charge < -0.3 is 5.11 Å². The normalized spacial score (nSPS) is 11.0. The number of unbranched alkanes of at least 4 members (excludes halogenated alkanes) is 11. The van der Waals surface area contributed by atoms with Gasteiger partial charge in [0.15, 0.2) is 0 Å². The van der Waals surface area contributed by atoms with E-state index in [2.05, 4.69) is 10.3 Å². The molecule has 0 saturated heterocycles. The Kier molecular flexibility index (Phi) is 11.2. The molecule has 1 N–H and O–H groups in total. The lowest BCUT2D eigenvalue weighted by molar-refractivity contribution is -0.137. The van der Waals surface area contributed by atoms with Crippen LogP contribution in [0.15, 0.2) is 6.20 Å². The largest absolute Gasteiger partial charge is 0.481 e. The van der Waals surface area contributed by atoms with Gasteiger partial charge in [-0.1, -0.05) is 69.4 Å². The Morgan fingerprint density at radius 1 is 0.913 bits per heavy atom. The molecule has 5 nitrogen and oxygen atoms in total. The molecule has 1 rings (SSSR count). The van der Waals surface area contributed by atoms with Gasteiger partial charge in [0.1, 0.15) is 0 Å².